The number of ether oxygens (including phenoxy) is 4. The molecule has 1 saturated heterocycles. The first kappa shape index (κ1) is 30.1. The van der Waals surface area contributed by atoms with E-state index in [0.717, 1.165) is 6.92 Å². The summed E-state index contributed by atoms with van der Waals surface area (Å²) in [6.07, 6.45) is -10.4. The van der Waals surface area contributed by atoms with Crippen molar-refractivity contribution in [1.82, 2.24) is 0 Å². The molecule has 1 rings (SSSR count). The van der Waals surface area contributed by atoms with Gasteiger partial charge in [0.05, 0.1) is 10.8 Å². The molecule has 15 heteroatoms. The van der Waals surface area contributed by atoms with Crippen LogP contribution in [0.15, 0.2) is 0 Å². The van der Waals surface area contributed by atoms with E-state index in [4.69, 9.17) is 18.9 Å². The third kappa shape index (κ3) is 7.78. The van der Waals surface area contributed by atoms with Gasteiger partial charge in [0.25, 0.3) is 0 Å². The minimum atomic E-state index is -6.31. The van der Waals surface area contributed by atoms with E-state index in [1.807, 2.05) is 0 Å². The molecule has 0 aromatic rings. The lowest BCUT2D eigenvalue weighted by atomic mass is 9.95. The number of aliphatic hydroxyl groups is 1. The number of hydrogen-bond acceptors (Lipinski definition) is 11. The van der Waals surface area contributed by atoms with Crippen LogP contribution in [0.4, 0.5) is 13.2 Å². The van der Waals surface area contributed by atoms with Crippen LogP contribution < -0.4 is 0 Å². The van der Waals surface area contributed by atoms with E-state index in [1.54, 1.807) is 0 Å². The molecule has 198 valence electrons. The Morgan fingerprint density at radius 3 is 1.79 bits per heavy atom. The van der Waals surface area contributed by atoms with Gasteiger partial charge in [-0.05, 0) is 41.5 Å². The molecule has 0 amide bonds. The van der Waals surface area contributed by atoms with Crippen LogP contribution in [0, 0.1) is 10.8 Å². The summed E-state index contributed by atoms with van der Waals surface area (Å²) < 4.78 is 86.4. The summed E-state index contributed by atoms with van der Waals surface area (Å²) in [5.74, 6) is -2.81. The highest BCUT2D eigenvalue weighted by Crippen LogP contribution is 2.34. The van der Waals surface area contributed by atoms with E-state index in [1.165, 1.54) is 41.5 Å². The van der Waals surface area contributed by atoms with E-state index in [9.17, 15) is 41.1 Å². The third-order valence-corrected chi connectivity index (χ3v) is 5.32. The first-order chi connectivity index (χ1) is 15.1. The van der Waals surface area contributed by atoms with Crippen LogP contribution in [0.5, 0.6) is 0 Å². The van der Waals surface area contributed by atoms with Crippen molar-refractivity contribution in [2.45, 2.75) is 84.7 Å². The smallest absolute Gasteiger partial charge is 0.462 e. The molecule has 0 unspecified atom stereocenters. The fourth-order valence-electron chi connectivity index (χ4n) is 2.48. The predicted octanol–water partition coefficient (Wildman–Crippen LogP) is 1.42. The van der Waals surface area contributed by atoms with Crippen LogP contribution in [0.25, 0.3) is 0 Å². The van der Waals surface area contributed by atoms with Crippen LogP contribution in [0.3, 0.4) is 0 Å². The second-order valence-corrected chi connectivity index (χ2v) is 11.1. The summed E-state index contributed by atoms with van der Waals surface area (Å²) in [4.78, 5) is 36.3. The Kier molecular flexibility index (Phi) is 9.14. The fraction of sp³-hybridized carbons (Fsp3) is 0.842. The number of rotatable bonds is 6. The highest BCUT2D eigenvalue weighted by molar-refractivity contribution is 7.87. The van der Waals surface area contributed by atoms with Crippen LogP contribution >= 0.6 is 0 Å². The second kappa shape index (κ2) is 10.3. The maximum absolute atomic E-state index is 12.9. The lowest BCUT2D eigenvalue weighted by molar-refractivity contribution is -0.290. The van der Waals surface area contributed by atoms with Gasteiger partial charge in [-0.2, -0.15) is 21.6 Å². The summed E-state index contributed by atoms with van der Waals surface area (Å²) in [7, 11) is -6.31. The molecule has 0 bridgehead atoms. The van der Waals surface area contributed by atoms with E-state index >= 15 is 0 Å². The average molecular weight is 522 g/mol. The zero-order valence-corrected chi connectivity index (χ0v) is 20.5. The van der Waals surface area contributed by atoms with Crippen molar-refractivity contribution in [2.75, 3.05) is 6.61 Å². The van der Waals surface area contributed by atoms with E-state index in [2.05, 4.69) is 4.18 Å². The molecule has 5 atom stereocenters. The monoisotopic (exact) mass is 522 g/mol. The molecule has 0 saturated carbocycles. The van der Waals surface area contributed by atoms with Crippen molar-refractivity contribution in [3.05, 3.63) is 0 Å². The standard InChI is InChI=1S/C19H29F3O11S/c1-9(23)30-11-10(8-29-15(25)17(2,3)4)31-14(24)13(33-34(27,28)19(20,21)22)12(11)32-16(26)18(5,6)7/h10-14,24H,8H2,1-7H3/t10-,11-,12+,13-,14-/m1/s1. The van der Waals surface area contributed by atoms with Crippen molar-refractivity contribution in [3.8, 4) is 0 Å². The van der Waals surface area contributed by atoms with Gasteiger partial charge in [0.2, 0.25) is 0 Å². The number of hydrogen-bond donors (Lipinski definition) is 1. The molecule has 34 heavy (non-hydrogen) atoms. The van der Waals surface area contributed by atoms with E-state index in [-0.39, 0.29) is 0 Å². The normalized spacial score (nSPS) is 26.5. The van der Waals surface area contributed by atoms with Gasteiger partial charge >= 0.3 is 33.5 Å². The number of carbonyl (C=O) groups excluding carboxylic acids is 3. The van der Waals surface area contributed by atoms with Crippen LogP contribution in [0.2, 0.25) is 0 Å². The number of esters is 3. The Labute approximate surface area is 194 Å². The van der Waals surface area contributed by atoms with Crippen molar-refractivity contribution < 1.29 is 64.2 Å². The third-order valence-electron chi connectivity index (χ3n) is 4.28. The maximum atomic E-state index is 12.9. The second-order valence-electron chi connectivity index (χ2n) is 9.57. The largest absolute Gasteiger partial charge is 0.523 e. The van der Waals surface area contributed by atoms with Gasteiger partial charge in [-0.1, -0.05) is 0 Å². The Balaban J connectivity index is 3.44. The highest BCUT2D eigenvalue weighted by atomic mass is 32.2. The first-order valence-electron chi connectivity index (χ1n) is 9.96. The molecular formula is C19H29F3O11S. The summed E-state index contributed by atoms with van der Waals surface area (Å²) in [6.45, 7) is 8.95. The van der Waals surface area contributed by atoms with Gasteiger partial charge in [-0.3, -0.25) is 18.6 Å². The Bertz CT molecular complexity index is 871. The molecule has 0 aromatic heterocycles. The SMILES string of the molecule is CC(=O)O[C@H]1[C@H](OC(=O)C(C)(C)C)[C@@H](OS(=O)(=O)C(F)(F)F)[C@H](O)O[C@@H]1COC(=O)C(C)(C)C. The molecule has 1 aliphatic rings. The Morgan fingerprint density at radius 2 is 1.38 bits per heavy atom. The summed E-state index contributed by atoms with van der Waals surface area (Å²) in [5.41, 5.74) is -8.11. The van der Waals surface area contributed by atoms with Gasteiger partial charge in [-0.25, -0.2) is 0 Å². The number of carbonyl (C=O) groups is 3. The highest BCUT2D eigenvalue weighted by Gasteiger charge is 2.57. The van der Waals surface area contributed by atoms with Crippen molar-refractivity contribution in [2.24, 2.45) is 10.8 Å². The lowest BCUT2D eigenvalue weighted by Crippen LogP contribution is -2.63. The predicted molar refractivity (Wildman–Crippen MR) is 106 cm³/mol. The number of alkyl halides is 3. The van der Waals surface area contributed by atoms with Crippen molar-refractivity contribution in [1.29, 1.82) is 0 Å². The minimum absolute atomic E-state index is 0.687. The average Bonchev–Trinajstić information content (AvgIpc) is 2.61. The van der Waals surface area contributed by atoms with E-state index in [0.29, 0.717) is 0 Å². The van der Waals surface area contributed by atoms with Crippen LogP contribution in [0.1, 0.15) is 48.5 Å². The molecule has 11 nitrogen and oxygen atoms in total. The molecule has 1 heterocycles. The van der Waals surface area contributed by atoms with Gasteiger partial charge in [0.15, 0.2) is 24.6 Å². The lowest BCUT2D eigenvalue weighted by Gasteiger charge is -2.43. The topological polar surface area (TPSA) is 152 Å². The van der Waals surface area contributed by atoms with Crippen molar-refractivity contribution >= 4 is 28.0 Å². The number of aliphatic hydroxyl groups excluding tert-OH is 1. The molecule has 0 radical (unpaired) electrons. The Hall–Kier alpha value is -1.97. The van der Waals surface area contributed by atoms with Crippen LogP contribution in [-0.2, 0) is 47.6 Å². The van der Waals surface area contributed by atoms with Gasteiger partial charge in [-0.15, -0.1) is 0 Å². The zero-order valence-electron chi connectivity index (χ0n) is 19.7. The van der Waals surface area contributed by atoms with Crippen LogP contribution in [-0.4, -0.2) is 74.3 Å². The molecule has 0 spiro atoms. The first-order valence-corrected chi connectivity index (χ1v) is 11.4. The van der Waals surface area contributed by atoms with Crippen molar-refractivity contribution in [3.63, 3.8) is 0 Å². The quantitative estimate of drug-likeness (QED) is 0.233. The fourth-order valence-corrected chi connectivity index (χ4v) is 3.08. The van der Waals surface area contributed by atoms with Gasteiger partial charge in [0.1, 0.15) is 12.7 Å². The maximum Gasteiger partial charge on any atom is 0.523 e. The molecule has 1 fully saturated rings. The number of halogens is 3. The van der Waals surface area contributed by atoms with Gasteiger partial charge in [0, 0.05) is 6.92 Å². The summed E-state index contributed by atoms with van der Waals surface area (Å²) >= 11 is 0. The molecule has 0 aliphatic carbocycles. The van der Waals surface area contributed by atoms with E-state index < -0.39 is 81.7 Å². The van der Waals surface area contributed by atoms with Gasteiger partial charge < -0.3 is 24.1 Å². The Morgan fingerprint density at radius 1 is 0.882 bits per heavy atom. The molecule has 0 aromatic carbocycles. The zero-order chi connectivity index (χ0) is 26.9. The summed E-state index contributed by atoms with van der Waals surface area (Å²) in [6, 6.07) is 0. The molecular weight excluding hydrogens is 493 g/mol. The minimum Gasteiger partial charge on any atom is -0.462 e. The summed E-state index contributed by atoms with van der Waals surface area (Å²) in [5, 5.41) is 10.3. The molecule has 1 aliphatic heterocycles. The molecule has 1 N–H and O–H groups in total.